The van der Waals surface area contributed by atoms with Crippen LogP contribution in [0, 0.1) is 0 Å². The van der Waals surface area contributed by atoms with Crippen molar-refractivity contribution in [2.24, 2.45) is 0 Å². The van der Waals surface area contributed by atoms with Gasteiger partial charge in [0.25, 0.3) is 5.91 Å². The number of hydrogen-bond acceptors (Lipinski definition) is 4. The van der Waals surface area contributed by atoms with Gasteiger partial charge in [-0.1, -0.05) is 29.8 Å². The van der Waals surface area contributed by atoms with Crippen LogP contribution in [-0.4, -0.2) is 64.3 Å². The molecular formula is C22H29ClN4O2. The first-order valence-corrected chi connectivity index (χ1v) is 10.8. The van der Waals surface area contributed by atoms with Crippen LogP contribution in [0.1, 0.15) is 54.2 Å². The van der Waals surface area contributed by atoms with Gasteiger partial charge in [0.15, 0.2) is 0 Å². The summed E-state index contributed by atoms with van der Waals surface area (Å²) in [7, 11) is 0. The molecule has 2 aliphatic heterocycles. The average molecular weight is 417 g/mol. The van der Waals surface area contributed by atoms with Crippen molar-refractivity contribution in [2.45, 2.75) is 51.4 Å². The smallest absolute Gasteiger partial charge is 0.257 e. The number of aromatic nitrogens is 2. The number of nitrogens with zero attached hydrogens (tertiary/aromatic N) is 3. The highest BCUT2D eigenvalue weighted by Gasteiger charge is 2.31. The predicted octanol–water partition coefficient (Wildman–Crippen LogP) is 3.69. The number of morpholine rings is 1. The van der Waals surface area contributed by atoms with Crippen LogP contribution in [0.2, 0.25) is 5.02 Å². The summed E-state index contributed by atoms with van der Waals surface area (Å²) in [6.07, 6.45) is 3.82. The van der Waals surface area contributed by atoms with Crippen molar-refractivity contribution in [1.82, 2.24) is 20.0 Å². The van der Waals surface area contributed by atoms with Gasteiger partial charge in [-0.3, -0.25) is 14.8 Å². The van der Waals surface area contributed by atoms with Crippen LogP contribution < -0.4 is 0 Å². The molecule has 3 heterocycles. The van der Waals surface area contributed by atoms with Crippen LogP contribution in [-0.2, 0) is 11.3 Å². The van der Waals surface area contributed by atoms with Crippen molar-refractivity contribution < 1.29 is 9.53 Å². The predicted molar refractivity (Wildman–Crippen MR) is 113 cm³/mol. The van der Waals surface area contributed by atoms with E-state index in [-0.39, 0.29) is 18.1 Å². The van der Waals surface area contributed by atoms with Crippen molar-refractivity contribution in [3.63, 3.8) is 0 Å². The molecule has 29 heavy (non-hydrogen) atoms. The molecular weight excluding hydrogens is 388 g/mol. The number of amides is 1. The molecule has 2 saturated heterocycles. The van der Waals surface area contributed by atoms with Gasteiger partial charge in [-0.2, -0.15) is 5.10 Å². The number of likely N-dealkylation sites (tertiary alicyclic amines) is 1. The van der Waals surface area contributed by atoms with Crippen LogP contribution in [0.5, 0.6) is 0 Å². The Hall–Kier alpha value is -1.89. The van der Waals surface area contributed by atoms with Gasteiger partial charge in [0, 0.05) is 30.6 Å². The van der Waals surface area contributed by atoms with E-state index < -0.39 is 0 Å². The summed E-state index contributed by atoms with van der Waals surface area (Å²) in [5, 5.41) is 8.16. The first kappa shape index (κ1) is 20.4. The maximum atomic E-state index is 13.1. The number of carbonyl (C=O) groups is 1. The molecule has 2 aliphatic rings. The van der Waals surface area contributed by atoms with E-state index in [1.54, 1.807) is 6.20 Å². The average Bonchev–Trinajstić information content (AvgIpc) is 3.19. The Labute approximate surface area is 177 Å². The van der Waals surface area contributed by atoms with Crippen molar-refractivity contribution in [3.05, 3.63) is 52.3 Å². The number of piperidine rings is 1. The molecule has 6 nitrogen and oxygen atoms in total. The number of carbonyl (C=O) groups excluding carboxylic acids is 1. The summed E-state index contributed by atoms with van der Waals surface area (Å²) >= 11 is 6.31. The topological polar surface area (TPSA) is 61.5 Å². The lowest BCUT2D eigenvalue weighted by Gasteiger charge is -2.36. The van der Waals surface area contributed by atoms with E-state index >= 15 is 0 Å². The summed E-state index contributed by atoms with van der Waals surface area (Å²) in [4.78, 5) is 17.5. The molecule has 0 saturated carbocycles. The summed E-state index contributed by atoms with van der Waals surface area (Å²) < 4.78 is 5.77. The van der Waals surface area contributed by atoms with Crippen molar-refractivity contribution in [1.29, 1.82) is 0 Å². The fourth-order valence-corrected chi connectivity index (χ4v) is 4.73. The van der Waals surface area contributed by atoms with Crippen molar-refractivity contribution >= 4 is 17.5 Å². The number of benzene rings is 1. The van der Waals surface area contributed by atoms with Crippen LogP contribution in [0.25, 0.3) is 0 Å². The summed E-state index contributed by atoms with van der Waals surface area (Å²) in [5.74, 6) is 0.393. The quantitative estimate of drug-likeness (QED) is 0.825. The lowest BCUT2D eigenvalue weighted by molar-refractivity contribution is -0.0586. The van der Waals surface area contributed by atoms with Crippen LogP contribution >= 0.6 is 11.6 Å². The lowest BCUT2D eigenvalue weighted by atomic mass is 9.90. The molecule has 1 amide bonds. The van der Waals surface area contributed by atoms with Gasteiger partial charge in [-0.25, -0.2) is 0 Å². The second-order valence-corrected chi connectivity index (χ2v) is 8.71. The highest BCUT2D eigenvalue weighted by molar-refractivity contribution is 6.31. The largest absolute Gasteiger partial charge is 0.372 e. The minimum absolute atomic E-state index is 0.0612. The molecule has 7 heteroatoms. The van der Waals surface area contributed by atoms with Crippen LogP contribution in [0.15, 0.2) is 30.5 Å². The number of H-pyrrole nitrogens is 1. The monoisotopic (exact) mass is 416 g/mol. The number of halogens is 1. The molecule has 0 spiro atoms. The third-order valence-electron chi connectivity index (χ3n) is 5.95. The molecule has 4 rings (SSSR count). The fourth-order valence-electron chi connectivity index (χ4n) is 4.54. The van der Waals surface area contributed by atoms with E-state index in [9.17, 15) is 4.79 Å². The van der Waals surface area contributed by atoms with Gasteiger partial charge in [0.05, 0.1) is 29.7 Å². The van der Waals surface area contributed by atoms with Crippen molar-refractivity contribution in [2.75, 3.05) is 26.2 Å². The Kier molecular flexibility index (Phi) is 6.23. The third kappa shape index (κ3) is 4.65. The third-order valence-corrected chi connectivity index (χ3v) is 6.32. The molecule has 0 bridgehead atoms. The number of nitrogens with one attached hydrogen (secondary N) is 1. The van der Waals surface area contributed by atoms with Gasteiger partial charge in [-0.15, -0.1) is 0 Å². The number of rotatable bonds is 4. The second-order valence-electron chi connectivity index (χ2n) is 8.31. The minimum atomic E-state index is 0.0612. The molecule has 1 aromatic carbocycles. The highest BCUT2D eigenvalue weighted by Crippen LogP contribution is 2.31. The molecule has 2 atom stereocenters. The molecule has 0 aliphatic carbocycles. The molecule has 1 N–H and O–H groups in total. The SMILES string of the molecule is C[C@@H]1CN(C(=O)c2cn[nH]c2C2CCN(Cc3ccccc3Cl)CC2)C[C@@H](C)O1. The van der Waals surface area contributed by atoms with Gasteiger partial charge in [-0.05, 0) is 51.4 Å². The zero-order valence-electron chi connectivity index (χ0n) is 17.1. The first-order valence-electron chi connectivity index (χ1n) is 10.4. The Morgan fingerprint density at radius 2 is 1.90 bits per heavy atom. The van der Waals surface area contributed by atoms with E-state index in [0.29, 0.717) is 19.0 Å². The fraction of sp³-hybridized carbons (Fsp3) is 0.545. The molecule has 0 unspecified atom stereocenters. The van der Waals surface area contributed by atoms with E-state index in [1.807, 2.05) is 36.9 Å². The molecule has 2 fully saturated rings. The molecule has 156 valence electrons. The normalized spacial score (nSPS) is 24.0. The van der Waals surface area contributed by atoms with E-state index in [0.717, 1.165) is 48.8 Å². The number of ether oxygens (including phenoxy) is 1. The Balaban J connectivity index is 1.39. The maximum absolute atomic E-state index is 13.1. The summed E-state index contributed by atoms with van der Waals surface area (Å²) in [6, 6.07) is 8.03. The number of hydrogen-bond donors (Lipinski definition) is 1. The van der Waals surface area contributed by atoms with Gasteiger partial charge in [0.1, 0.15) is 0 Å². The van der Waals surface area contributed by atoms with Crippen molar-refractivity contribution in [3.8, 4) is 0 Å². The summed E-state index contributed by atoms with van der Waals surface area (Å²) in [5.41, 5.74) is 2.87. The van der Waals surface area contributed by atoms with Gasteiger partial charge >= 0.3 is 0 Å². The minimum Gasteiger partial charge on any atom is -0.372 e. The van der Waals surface area contributed by atoms with E-state index in [1.165, 1.54) is 5.56 Å². The molecule has 2 aromatic rings. The maximum Gasteiger partial charge on any atom is 0.257 e. The van der Waals surface area contributed by atoms with Gasteiger partial charge in [0.2, 0.25) is 0 Å². The standard InChI is InChI=1S/C22H29ClN4O2/c1-15-12-27(13-16(2)29-15)22(28)19-11-24-25-21(19)17-7-9-26(10-8-17)14-18-5-3-4-6-20(18)23/h3-6,11,15-17H,7-10,12-14H2,1-2H3,(H,24,25)/t15-,16-/m1/s1. The zero-order chi connectivity index (χ0) is 20.4. The first-order chi connectivity index (χ1) is 14.0. The molecule has 1 aromatic heterocycles. The zero-order valence-corrected chi connectivity index (χ0v) is 17.9. The Morgan fingerprint density at radius 1 is 1.21 bits per heavy atom. The van der Waals surface area contributed by atoms with Crippen LogP contribution in [0.4, 0.5) is 0 Å². The summed E-state index contributed by atoms with van der Waals surface area (Å²) in [6.45, 7) is 8.11. The van der Waals surface area contributed by atoms with E-state index in [2.05, 4.69) is 21.2 Å². The second kappa shape index (κ2) is 8.86. The highest BCUT2D eigenvalue weighted by atomic mass is 35.5. The van der Waals surface area contributed by atoms with E-state index in [4.69, 9.17) is 16.3 Å². The number of aromatic amines is 1. The molecule has 0 radical (unpaired) electrons. The van der Waals surface area contributed by atoms with Crippen LogP contribution in [0.3, 0.4) is 0 Å². The Bertz CT molecular complexity index is 837. The van der Waals surface area contributed by atoms with Gasteiger partial charge < -0.3 is 9.64 Å². The Morgan fingerprint density at radius 3 is 2.59 bits per heavy atom. The lowest BCUT2D eigenvalue weighted by Crippen LogP contribution is -2.48.